The maximum absolute atomic E-state index is 4.77. The van der Waals surface area contributed by atoms with E-state index in [9.17, 15) is 0 Å². The topological polar surface area (TPSA) is 41.1 Å². The van der Waals surface area contributed by atoms with Crippen molar-refractivity contribution in [1.29, 1.82) is 0 Å². The van der Waals surface area contributed by atoms with Crippen LogP contribution in [0.4, 0.5) is 11.8 Å². The van der Waals surface area contributed by atoms with Crippen molar-refractivity contribution in [3.8, 4) is 0 Å². The van der Waals surface area contributed by atoms with Gasteiger partial charge in [-0.3, -0.25) is 0 Å². The van der Waals surface area contributed by atoms with Gasteiger partial charge in [0.05, 0.1) is 5.52 Å². The Hall–Kier alpha value is -1.84. The van der Waals surface area contributed by atoms with Crippen LogP contribution in [-0.4, -0.2) is 29.1 Å². The van der Waals surface area contributed by atoms with E-state index in [-0.39, 0.29) is 0 Å². The van der Waals surface area contributed by atoms with Gasteiger partial charge in [-0.25, -0.2) is 4.98 Å². The van der Waals surface area contributed by atoms with E-state index < -0.39 is 0 Å². The Labute approximate surface area is 120 Å². The van der Waals surface area contributed by atoms with Crippen LogP contribution in [0.2, 0.25) is 0 Å². The van der Waals surface area contributed by atoms with Gasteiger partial charge in [-0.2, -0.15) is 4.98 Å². The maximum Gasteiger partial charge on any atom is 0.225 e. The molecule has 0 atom stereocenters. The number of nitrogens with zero attached hydrogens (tertiary/aromatic N) is 3. The lowest BCUT2D eigenvalue weighted by molar-refractivity contribution is 0.810. The lowest BCUT2D eigenvalue weighted by Crippen LogP contribution is -2.26. The molecule has 1 aliphatic carbocycles. The third kappa shape index (κ3) is 2.55. The van der Waals surface area contributed by atoms with E-state index >= 15 is 0 Å². The summed E-state index contributed by atoms with van der Waals surface area (Å²) in [5.41, 5.74) is 1.02. The van der Waals surface area contributed by atoms with Gasteiger partial charge in [-0.1, -0.05) is 19.1 Å². The molecule has 4 heteroatoms. The maximum atomic E-state index is 4.77. The van der Waals surface area contributed by atoms with Crippen LogP contribution in [0.15, 0.2) is 24.3 Å². The molecule has 0 bridgehead atoms. The molecule has 0 radical (unpaired) electrons. The van der Waals surface area contributed by atoms with Crippen molar-refractivity contribution >= 4 is 22.7 Å². The van der Waals surface area contributed by atoms with Crippen molar-refractivity contribution in [2.45, 2.75) is 39.2 Å². The molecule has 1 fully saturated rings. The summed E-state index contributed by atoms with van der Waals surface area (Å²) in [7, 11) is 0. The predicted octanol–water partition coefficient (Wildman–Crippen LogP) is 3.44. The first-order valence-corrected chi connectivity index (χ1v) is 7.60. The Morgan fingerprint density at radius 2 is 2.00 bits per heavy atom. The predicted molar refractivity (Wildman–Crippen MR) is 84.4 cm³/mol. The molecular weight excluding hydrogens is 248 g/mol. The first-order valence-electron chi connectivity index (χ1n) is 7.60. The Kier molecular flexibility index (Phi) is 3.72. The van der Waals surface area contributed by atoms with E-state index in [2.05, 4.69) is 47.2 Å². The van der Waals surface area contributed by atoms with Crippen molar-refractivity contribution in [3.63, 3.8) is 0 Å². The molecule has 1 aliphatic rings. The van der Waals surface area contributed by atoms with E-state index in [0.717, 1.165) is 42.2 Å². The molecular formula is C16H22N4. The number of hydrogen-bond donors (Lipinski definition) is 1. The highest BCUT2D eigenvalue weighted by Gasteiger charge is 2.30. The molecule has 1 heterocycles. The van der Waals surface area contributed by atoms with Crippen LogP contribution in [0, 0.1) is 0 Å². The van der Waals surface area contributed by atoms with Crippen LogP contribution in [0.25, 0.3) is 10.9 Å². The fourth-order valence-corrected chi connectivity index (χ4v) is 2.56. The van der Waals surface area contributed by atoms with E-state index in [1.54, 1.807) is 0 Å². The zero-order valence-corrected chi connectivity index (χ0v) is 12.3. The molecule has 0 aliphatic heterocycles. The zero-order valence-electron chi connectivity index (χ0n) is 12.3. The Bertz CT molecular complexity index is 592. The van der Waals surface area contributed by atoms with E-state index in [4.69, 9.17) is 4.98 Å². The molecule has 106 valence electrons. The summed E-state index contributed by atoms with van der Waals surface area (Å²) < 4.78 is 0. The largest absolute Gasteiger partial charge is 0.354 e. The van der Waals surface area contributed by atoms with Gasteiger partial charge in [0.15, 0.2) is 0 Å². The van der Waals surface area contributed by atoms with Gasteiger partial charge in [-0.05, 0) is 38.3 Å². The molecule has 0 unspecified atom stereocenters. The standard InChI is InChI=1S/C16H22N4/c1-3-11-17-16-18-14-8-6-5-7-13(14)15(19-16)20(4-2)12-9-10-12/h5-8,12H,3-4,9-11H2,1-2H3,(H,17,18,19). The average Bonchev–Trinajstić information content (AvgIpc) is 3.30. The molecule has 4 nitrogen and oxygen atoms in total. The number of aromatic nitrogens is 2. The molecule has 0 amide bonds. The third-order valence-electron chi connectivity index (χ3n) is 3.72. The summed E-state index contributed by atoms with van der Waals surface area (Å²) in [6.07, 6.45) is 3.64. The minimum atomic E-state index is 0.664. The summed E-state index contributed by atoms with van der Waals surface area (Å²) in [5.74, 6) is 1.83. The van der Waals surface area contributed by atoms with Gasteiger partial charge < -0.3 is 10.2 Å². The van der Waals surface area contributed by atoms with E-state index in [1.807, 2.05) is 6.07 Å². The first-order chi connectivity index (χ1) is 9.83. The van der Waals surface area contributed by atoms with Crippen LogP contribution in [0.5, 0.6) is 0 Å². The molecule has 3 rings (SSSR count). The van der Waals surface area contributed by atoms with Crippen molar-refractivity contribution in [2.24, 2.45) is 0 Å². The smallest absolute Gasteiger partial charge is 0.225 e. The van der Waals surface area contributed by atoms with Crippen LogP contribution in [-0.2, 0) is 0 Å². The number of anilines is 2. The van der Waals surface area contributed by atoms with E-state index in [1.165, 1.54) is 12.8 Å². The molecule has 20 heavy (non-hydrogen) atoms. The van der Waals surface area contributed by atoms with Gasteiger partial charge >= 0.3 is 0 Å². The van der Waals surface area contributed by atoms with Crippen LogP contribution in [0.3, 0.4) is 0 Å². The molecule has 1 aromatic heterocycles. The number of rotatable bonds is 6. The molecule has 0 saturated heterocycles. The monoisotopic (exact) mass is 270 g/mol. The van der Waals surface area contributed by atoms with Crippen molar-refractivity contribution in [3.05, 3.63) is 24.3 Å². The second-order valence-electron chi connectivity index (χ2n) is 5.33. The first kappa shape index (κ1) is 13.2. The quantitative estimate of drug-likeness (QED) is 0.873. The minimum absolute atomic E-state index is 0.664. The van der Waals surface area contributed by atoms with Crippen LogP contribution >= 0.6 is 0 Å². The highest BCUT2D eigenvalue weighted by molar-refractivity contribution is 5.90. The van der Waals surface area contributed by atoms with Gasteiger partial charge in [0, 0.05) is 24.5 Å². The number of fused-ring (bicyclic) bond motifs is 1. The van der Waals surface area contributed by atoms with Crippen LogP contribution < -0.4 is 10.2 Å². The lowest BCUT2D eigenvalue weighted by Gasteiger charge is -2.23. The van der Waals surface area contributed by atoms with Gasteiger partial charge in [0.25, 0.3) is 0 Å². The molecule has 0 spiro atoms. The zero-order chi connectivity index (χ0) is 13.9. The second kappa shape index (κ2) is 5.65. The summed E-state index contributed by atoms with van der Waals surface area (Å²) in [5, 5.41) is 4.47. The van der Waals surface area contributed by atoms with Crippen molar-refractivity contribution < 1.29 is 0 Å². The lowest BCUT2D eigenvalue weighted by atomic mass is 10.2. The second-order valence-corrected chi connectivity index (χ2v) is 5.33. The van der Waals surface area contributed by atoms with Gasteiger partial charge in [0.1, 0.15) is 5.82 Å². The Morgan fingerprint density at radius 3 is 2.70 bits per heavy atom. The molecule has 1 aromatic carbocycles. The highest BCUT2D eigenvalue weighted by Crippen LogP contribution is 2.34. The molecule has 2 aromatic rings. The Balaban J connectivity index is 2.06. The van der Waals surface area contributed by atoms with Crippen molar-refractivity contribution in [1.82, 2.24) is 9.97 Å². The van der Waals surface area contributed by atoms with Crippen molar-refractivity contribution in [2.75, 3.05) is 23.3 Å². The van der Waals surface area contributed by atoms with Crippen LogP contribution in [0.1, 0.15) is 33.1 Å². The van der Waals surface area contributed by atoms with Gasteiger partial charge in [0.2, 0.25) is 5.95 Å². The number of para-hydroxylation sites is 1. The third-order valence-corrected chi connectivity index (χ3v) is 3.72. The fraction of sp³-hybridized carbons (Fsp3) is 0.500. The average molecular weight is 270 g/mol. The molecule has 1 N–H and O–H groups in total. The summed E-state index contributed by atoms with van der Waals surface area (Å²) in [6, 6.07) is 8.96. The fourth-order valence-electron chi connectivity index (χ4n) is 2.56. The minimum Gasteiger partial charge on any atom is -0.354 e. The SMILES string of the molecule is CCCNc1nc(N(CC)C2CC2)c2ccccc2n1. The molecule has 1 saturated carbocycles. The summed E-state index contributed by atoms with van der Waals surface area (Å²) >= 11 is 0. The number of nitrogens with one attached hydrogen (secondary N) is 1. The number of benzene rings is 1. The van der Waals surface area contributed by atoms with E-state index in [0.29, 0.717) is 6.04 Å². The normalized spacial score (nSPS) is 14.5. The Morgan fingerprint density at radius 1 is 1.20 bits per heavy atom. The summed E-state index contributed by atoms with van der Waals surface area (Å²) in [4.78, 5) is 11.8. The van der Waals surface area contributed by atoms with Gasteiger partial charge in [-0.15, -0.1) is 0 Å². The highest BCUT2D eigenvalue weighted by atomic mass is 15.3. The summed E-state index contributed by atoms with van der Waals surface area (Å²) in [6.45, 7) is 6.26. The number of hydrogen-bond acceptors (Lipinski definition) is 4.